The van der Waals surface area contributed by atoms with Crippen LogP contribution >= 0.6 is 0 Å². The van der Waals surface area contributed by atoms with Gasteiger partial charge in [-0.25, -0.2) is 0 Å². The van der Waals surface area contributed by atoms with Crippen LogP contribution in [0.25, 0.3) is 33.9 Å². The van der Waals surface area contributed by atoms with Gasteiger partial charge >= 0.3 is 0 Å². The van der Waals surface area contributed by atoms with Crippen LogP contribution in [0.3, 0.4) is 0 Å². The quantitative estimate of drug-likeness (QED) is 0.544. The first-order chi connectivity index (χ1) is 14.7. The average molecular weight is 401 g/mol. The Labute approximate surface area is 174 Å². The van der Waals surface area contributed by atoms with Crippen molar-refractivity contribution in [2.75, 3.05) is 0 Å². The van der Waals surface area contributed by atoms with Gasteiger partial charge in [0, 0.05) is 17.0 Å². The third kappa shape index (κ3) is 3.58. The van der Waals surface area contributed by atoms with Gasteiger partial charge < -0.3 is 9.84 Å². The molecule has 7 heteroatoms. The number of hydrogen-bond donors (Lipinski definition) is 1. The van der Waals surface area contributed by atoms with E-state index in [4.69, 9.17) is 4.52 Å². The van der Waals surface area contributed by atoms with E-state index in [0.29, 0.717) is 17.4 Å². The van der Waals surface area contributed by atoms with Gasteiger partial charge in [0.05, 0.1) is 5.52 Å². The van der Waals surface area contributed by atoms with E-state index in [0.717, 1.165) is 34.9 Å². The van der Waals surface area contributed by atoms with Crippen LogP contribution in [0.5, 0.6) is 0 Å². The smallest absolute Gasteiger partial charge is 0.279 e. The minimum Gasteiger partial charge on any atom is -0.352 e. The van der Waals surface area contributed by atoms with E-state index in [-0.39, 0.29) is 18.5 Å². The molecule has 0 saturated heterocycles. The van der Waals surface area contributed by atoms with Crippen molar-refractivity contribution in [3.8, 4) is 23.0 Å². The van der Waals surface area contributed by atoms with E-state index >= 15 is 0 Å². The fourth-order valence-corrected chi connectivity index (χ4v) is 4.11. The first-order valence-electron chi connectivity index (χ1n) is 10.3. The number of amides is 1. The molecule has 1 fully saturated rings. The summed E-state index contributed by atoms with van der Waals surface area (Å²) in [7, 11) is 0. The van der Waals surface area contributed by atoms with Gasteiger partial charge in [-0.1, -0.05) is 60.0 Å². The molecule has 0 aliphatic heterocycles. The Kier molecular flexibility index (Phi) is 4.78. The Hall–Kier alpha value is -3.48. The van der Waals surface area contributed by atoms with Gasteiger partial charge in [-0.3, -0.25) is 9.48 Å². The Balaban J connectivity index is 1.46. The van der Waals surface area contributed by atoms with E-state index in [2.05, 4.69) is 20.6 Å². The van der Waals surface area contributed by atoms with Crippen LogP contribution in [-0.2, 0) is 11.3 Å². The highest BCUT2D eigenvalue weighted by molar-refractivity contribution is 5.92. The number of carbonyl (C=O) groups is 1. The minimum absolute atomic E-state index is 0.0207. The van der Waals surface area contributed by atoms with Gasteiger partial charge in [0.1, 0.15) is 6.54 Å². The summed E-state index contributed by atoms with van der Waals surface area (Å²) in [5.74, 6) is 0.844. The second kappa shape index (κ2) is 7.74. The number of fused-ring (bicyclic) bond motifs is 1. The number of hydrogen-bond acceptors (Lipinski definition) is 5. The minimum atomic E-state index is -0.0207. The van der Waals surface area contributed by atoms with Crippen LogP contribution in [0.2, 0.25) is 0 Å². The third-order valence-corrected chi connectivity index (χ3v) is 5.58. The molecule has 7 nitrogen and oxygen atoms in total. The molecule has 0 atom stereocenters. The lowest BCUT2D eigenvalue weighted by Gasteiger charge is -2.12. The van der Waals surface area contributed by atoms with Gasteiger partial charge in [-0.2, -0.15) is 10.1 Å². The van der Waals surface area contributed by atoms with Gasteiger partial charge in [0.15, 0.2) is 5.69 Å². The molecule has 2 heterocycles. The number of nitrogens with one attached hydrogen (secondary N) is 1. The highest BCUT2D eigenvalue weighted by Gasteiger charge is 2.21. The Morgan fingerprint density at radius 1 is 1.17 bits per heavy atom. The maximum Gasteiger partial charge on any atom is 0.279 e. The monoisotopic (exact) mass is 401 g/mol. The van der Waals surface area contributed by atoms with Crippen molar-refractivity contribution in [2.24, 2.45) is 0 Å². The number of aryl methyl sites for hydroxylation is 1. The molecule has 0 unspecified atom stereocenters. The highest BCUT2D eigenvalue weighted by atomic mass is 16.5. The zero-order valence-corrected chi connectivity index (χ0v) is 16.8. The molecule has 1 amide bonds. The lowest BCUT2D eigenvalue weighted by Crippen LogP contribution is -2.35. The second-order valence-corrected chi connectivity index (χ2v) is 7.86. The molecule has 30 heavy (non-hydrogen) atoms. The molecule has 4 aromatic rings. The maximum absolute atomic E-state index is 12.6. The van der Waals surface area contributed by atoms with Crippen LogP contribution in [-0.4, -0.2) is 31.9 Å². The van der Waals surface area contributed by atoms with Crippen molar-refractivity contribution in [1.29, 1.82) is 0 Å². The zero-order valence-electron chi connectivity index (χ0n) is 16.8. The van der Waals surface area contributed by atoms with Crippen LogP contribution < -0.4 is 5.32 Å². The SMILES string of the molecule is Cc1cccc(-c2noc(-c3nn(CC(=O)NC4CCCC4)c4ccccc34)n2)c1. The first-order valence-corrected chi connectivity index (χ1v) is 10.3. The average Bonchev–Trinajstić information content (AvgIpc) is 3.49. The van der Waals surface area contributed by atoms with Gasteiger partial charge in [0.2, 0.25) is 11.7 Å². The standard InChI is InChI=1S/C23H23N5O2/c1-15-7-6-8-16(13-15)22-25-23(30-27-22)21-18-11-4-5-12-19(18)28(26-21)14-20(29)24-17-9-2-3-10-17/h4-8,11-13,17H,2-3,9-10,14H2,1H3,(H,24,29). The van der Waals surface area contributed by atoms with Crippen molar-refractivity contribution in [3.05, 3.63) is 54.1 Å². The number of para-hydroxylation sites is 1. The lowest BCUT2D eigenvalue weighted by molar-refractivity contribution is -0.122. The molecule has 152 valence electrons. The molecular weight excluding hydrogens is 378 g/mol. The predicted molar refractivity (Wildman–Crippen MR) is 114 cm³/mol. The summed E-state index contributed by atoms with van der Waals surface area (Å²) in [4.78, 5) is 17.1. The second-order valence-electron chi connectivity index (χ2n) is 7.86. The Bertz CT molecular complexity index is 1200. The van der Waals surface area contributed by atoms with Crippen LogP contribution in [0.4, 0.5) is 0 Å². The maximum atomic E-state index is 12.6. The Morgan fingerprint density at radius 3 is 2.83 bits per heavy atom. The van der Waals surface area contributed by atoms with Crippen LogP contribution in [0.15, 0.2) is 53.1 Å². The predicted octanol–water partition coefficient (Wildman–Crippen LogP) is 4.12. The molecule has 5 rings (SSSR count). The summed E-state index contributed by atoms with van der Waals surface area (Å²) in [5.41, 5.74) is 3.47. The largest absolute Gasteiger partial charge is 0.352 e. The molecule has 1 saturated carbocycles. The Morgan fingerprint density at radius 2 is 2.00 bits per heavy atom. The van der Waals surface area contributed by atoms with Crippen molar-refractivity contribution in [3.63, 3.8) is 0 Å². The topological polar surface area (TPSA) is 85.8 Å². The molecular formula is C23H23N5O2. The molecule has 1 N–H and O–H groups in total. The van der Waals surface area contributed by atoms with E-state index in [1.807, 2.05) is 55.5 Å². The molecule has 0 spiro atoms. The highest BCUT2D eigenvalue weighted by Crippen LogP contribution is 2.28. The summed E-state index contributed by atoms with van der Waals surface area (Å²) in [6, 6.07) is 16.0. The summed E-state index contributed by atoms with van der Waals surface area (Å²) >= 11 is 0. The molecule has 1 aliphatic carbocycles. The fourth-order valence-electron chi connectivity index (χ4n) is 4.11. The van der Waals surface area contributed by atoms with E-state index < -0.39 is 0 Å². The molecule has 2 aromatic carbocycles. The number of nitrogens with zero attached hydrogens (tertiary/aromatic N) is 4. The van der Waals surface area contributed by atoms with Crippen molar-refractivity contribution in [2.45, 2.75) is 45.2 Å². The van der Waals surface area contributed by atoms with E-state index in [1.54, 1.807) is 4.68 Å². The summed E-state index contributed by atoms with van der Waals surface area (Å²) in [5, 5.41) is 12.8. The van der Waals surface area contributed by atoms with Crippen molar-refractivity contribution >= 4 is 16.8 Å². The van der Waals surface area contributed by atoms with E-state index in [9.17, 15) is 4.79 Å². The lowest BCUT2D eigenvalue weighted by atomic mass is 10.1. The normalized spacial score (nSPS) is 14.4. The van der Waals surface area contributed by atoms with Gasteiger partial charge in [-0.05, 0) is 31.9 Å². The number of benzene rings is 2. The number of aromatic nitrogens is 4. The molecule has 2 aromatic heterocycles. The third-order valence-electron chi connectivity index (χ3n) is 5.58. The van der Waals surface area contributed by atoms with Crippen LogP contribution in [0, 0.1) is 6.92 Å². The summed E-state index contributed by atoms with van der Waals surface area (Å²) < 4.78 is 7.26. The number of rotatable bonds is 5. The van der Waals surface area contributed by atoms with Crippen molar-refractivity contribution in [1.82, 2.24) is 25.2 Å². The molecule has 0 bridgehead atoms. The summed E-state index contributed by atoms with van der Waals surface area (Å²) in [6.45, 7) is 2.19. The first kappa shape index (κ1) is 18.5. The summed E-state index contributed by atoms with van der Waals surface area (Å²) in [6.07, 6.45) is 4.47. The fraction of sp³-hybridized carbons (Fsp3) is 0.304. The zero-order chi connectivity index (χ0) is 20.5. The molecule has 0 radical (unpaired) electrons. The van der Waals surface area contributed by atoms with Crippen LogP contribution in [0.1, 0.15) is 31.2 Å². The van der Waals surface area contributed by atoms with Crippen molar-refractivity contribution < 1.29 is 9.32 Å². The number of carbonyl (C=O) groups excluding carboxylic acids is 1. The van der Waals surface area contributed by atoms with Gasteiger partial charge in [0.25, 0.3) is 5.89 Å². The van der Waals surface area contributed by atoms with E-state index in [1.165, 1.54) is 12.8 Å². The van der Waals surface area contributed by atoms with Gasteiger partial charge in [-0.15, -0.1) is 0 Å². The molecule has 1 aliphatic rings.